The fourth-order valence-corrected chi connectivity index (χ4v) is 3.76. The minimum atomic E-state index is 0.676. The van der Waals surface area contributed by atoms with Crippen molar-refractivity contribution in [2.24, 2.45) is 16.6 Å². The van der Waals surface area contributed by atoms with Gasteiger partial charge < -0.3 is 15.4 Å². The second kappa shape index (κ2) is 9.09. The van der Waals surface area contributed by atoms with Crippen LogP contribution >= 0.6 is 0 Å². The first-order valence-corrected chi connectivity index (χ1v) is 9.65. The van der Waals surface area contributed by atoms with Gasteiger partial charge >= 0.3 is 0 Å². The Hall–Kier alpha value is -1.75. The molecule has 0 amide bonds. The van der Waals surface area contributed by atoms with Crippen molar-refractivity contribution in [1.29, 1.82) is 0 Å². The lowest BCUT2D eigenvalue weighted by Crippen LogP contribution is -2.41. The molecule has 5 nitrogen and oxygen atoms in total. The number of aliphatic imine (C=N–C) groups is 1. The summed E-state index contributed by atoms with van der Waals surface area (Å²) in [5.74, 6) is 2.36. The summed E-state index contributed by atoms with van der Waals surface area (Å²) in [6.45, 7) is 6.37. The standard InChI is InChI=1S/C20H32N4O/c1-25-19-7-5-18(6-8-19)16-23-13-9-17(10-14-23)15-22-20(21)24-11-3-2-4-12-24/h5-8,17H,2-4,9-16H2,1H3,(H2,21,22). The first kappa shape index (κ1) is 18.1. The molecular formula is C20H32N4O. The van der Waals surface area contributed by atoms with Crippen molar-refractivity contribution in [2.75, 3.05) is 39.8 Å². The van der Waals surface area contributed by atoms with Crippen molar-refractivity contribution in [1.82, 2.24) is 9.80 Å². The van der Waals surface area contributed by atoms with E-state index in [1.165, 1.54) is 37.7 Å². The number of nitrogens with two attached hydrogens (primary N) is 1. The molecule has 3 rings (SSSR count). The highest BCUT2D eigenvalue weighted by Crippen LogP contribution is 2.20. The summed E-state index contributed by atoms with van der Waals surface area (Å²) in [5.41, 5.74) is 7.53. The fraction of sp³-hybridized carbons (Fsp3) is 0.650. The largest absolute Gasteiger partial charge is 0.497 e. The number of guanidine groups is 1. The Kier molecular flexibility index (Phi) is 6.56. The number of piperidine rings is 2. The van der Waals surface area contributed by atoms with Gasteiger partial charge in [0.2, 0.25) is 0 Å². The van der Waals surface area contributed by atoms with E-state index in [2.05, 4.69) is 26.9 Å². The van der Waals surface area contributed by atoms with Crippen LogP contribution in [-0.2, 0) is 6.54 Å². The molecule has 0 unspecified atom stereocenters. The molecule has 2 saturated heterocycles. The number of ether oxygens (including phenoxy) is 1. The summed E-state index contributed by atoms with van der Waals surface area (Å²) in [5, 5.41) is 0. The van der Waals surface area contributed by atoms with Gasteiger partial charge in [0, 0.05) is 26.2 Å². The van der Waals surface area contributed by atoms with Crippen LogP contribution in [0, 0.1) is 5.92 Å². The maximum absolute atomic E-state index is 6.17. The Balaban J connectivity index is 1.40. The van der Waals surface area contributed by atoms with Crippen LogP contribution in [0.5, 0.6) is 5.75 Å². The number of hydrogen-bond acceptors (Lipinski definition) is 3. The Bertz CT molecular complexity index is 543. The Morgan fingerprint density at radius 3 is 2.40 bits per heavy atom. The van der Waals surface area contributed by atoms with Gasteiger partial charge in [0.25, 0.3) is 0 Å². The van der Waals surface area contributed by atoms with Gasteiger partial charge in [-0.25, -0.2) is 0 Å². The lowest BCUT2D eigenvalue weighted by atomic mass is 9.96. The lowest BCUT2D eigenvalue weighted by Gasteiger charge is -2.32. The topological polar surface area (TPSA) is 54.1 Å². The van der Waals surface area contributed by atoms with E-state index in [0.717, 1.165) is 51.0 Å². The summed E-state index contributed by atoms with van der Waals surface area (Å²) in [6, 6.07) is 8.41. The van der Waals surface area contributed by atoms with Crippen LogP contribution in [0.3, 0.4) is 0 Å². The number of hydrogen-bond donors (Lipinski definition) is 1. The molecule has 0 aromatic heterocycles. The van der Waals surface area contributed by atoms with Gasteiger partial charge in [-0.05, 0) is 68.8 Å². The van der Waals surface area contributed by atoms with Gasteiger partial charge in [0.05, 0.1) is 7.11 Å². The van der Waals surface area contributed by atoms with Crippen molar-refractivity contribution in [3.63, 3.8) is 0 Å². The smallest absolute Gasteiger partial charge is 0.191 e. The van der Waals surface area contributed by atoms with E-state index in [1.807, 2.05) is 12.1 Å². The normalized spacial score (nSPS) is 20.7. The van der Waals surface area contributed by atoms with Crippen molar-refractivity contribution in [3.05, 3.63) is 29.8 Å². The van der Waals surface area contributed by atoms with Crippen LogP contribution in [-0.4, -0.2) is 55.6 Å². The summed E-state index contributed by atoms with van der Waals surface area (Å²) < 4.78 is 5.22. The number of methoxy groups -OCH3 is 1. The quantitative estimate of drug-likeness (QED) is 0.659. The average Bonchev–Trinajstić information content (AvgIpc) is 2.68. The molecule has 2 heterocycles. The first-order valence-electron chi connectivity index (χ1n) is 9.65. The zero-order chi connectivity index (χ0) is 17.5. The molecule has 2 aliphatic heterocycles. The van der Waals surface area contributed by atoms with E-state index in [1.54, 1.807) is 7.11 Å². The maximum Gasteiger partial charge on any atom is 0.191 e. The Morgan fingerprint density at radius 1 is 1.08 bits per heavy atom. The summed E-state index contributed by atoms with van der Waals surface area (Å²) >= 11 is 0. The molecule has 0 atom stereocenters. The number of likely N-dealkylation sites (tertiary alicyclic amines) is 2. The van der Waals surface area contributed by atoms with E-state index in [4.69, 9.17) is 10.5 Å². The van der Waals surface area contributed by atoms with E-state index in [-0.39, 0.29) is 0 Å². The van der Waals surface area contributed by atoms with Gasteiger partial charge in [-0.2, -0.15) is 0 Å². The molecule has 5 heteroatoms. The minimum Gasteiger partial charge on any atom is -0.497 e. The molecule has 0 saturated carbocycles. The highest BCUT2D eigenvalue weighted by Gasteiger charge is 2.20. The summed E-state index contributed by atoms with van der Waals surface area (Å²) in [4.78, 5) is 9.48. The molecule has 0 spiro atoms. The molecule has 138 valence electrons. The van der Waals surface area contributed by atoms with E-state index in [9.17, 15) is 0 Å². The molecule has 0 bridgehead atoms. The van der Waals surface area contributed by atoms with Crippen LogP contribution in [0.25, 0.3) is 0 Å². The highest BCUT2D eigenvalue weighted by molar-refractivity contribution is 5.78. The molecule has 1 aromatic rings. The van der Waals surface area contributed by atoms with Gasteiger partial charge in [0.15, 0.2) is 5.96 Å². The van der Waals surface area contributed by atoms with Gasteiger partial charge in [-0.1, -0.05) is 12.1 Å². The number of benzene rings is 1. The van der Waals surface area contributed by atoms with Crippen molar-refractivity contribution < 1.29 is 4.74 Å². The van der Waals surface area contributed by atoms with Crippen molar-refractivity contribution in [2.45, 2.75) is 38.6 Å². The third-order valence-electron chi connectivity index (χ3n) is 5.46. The van der Waals surface area contributed by atoms with E-state index >= 15 is 0 Å². The second-order valence-electron chi connectivity index (χ2n) is 7.31. The molecule has 1 aromatic carbocycles. The van der Waals surface area contributed by atoms with E-state index in [0.29, 0.717) is 5.92 Å². The predicted octanol–water partition coefficient (Wildman–Crippen LogP) is 2.71. The highest BCUT2D eigenvalue weighted by atomic mass is 16.5. The van der Waals surface area contributed by atoms with Gasteiger partial charge in [-0.3, -0.25) is 9.89 Å². The van der Waals surface area contributed by atoms with Crippen LogP contribution in [0.1, 0.15) is 37.7 Å². The average molecular weight is 345 g/mol. The number of nitrogens with zero attached hydrogens (tertiary/aromatic N) is 3. The van der Waals surface area contributed by atoms with E-state index < -0.39 is 0 Å². The second-order valence-corrected chi connectivity index (χ2v) is 7.31. The van der Waals surface area contributed by atoms with Crippen molar-refractivity contribution in [3.8, 4) is 5.75 Å². The summed E-state index contributed by atoms with van der Waals surface area (Å²) in [7, 11) is 1.71. The summed E-state index contributed by atoms with van der Waals surface area (Å²) in [6.07, 6.45) is 6.26. The third-order valence-corrected chi connectivity index (χ3v) is 5.46. The molecule has 0 aliphatic carbocycles. The van der Waals surface area contributed by atoms with Gasteiger partial charge in [0.1, 0.15) is 5.75 Å². The third kappa shape index (κ3) is 5.36. The molecular weight excluding hydrogens is 312 g/mol. The molecule has 25 heavy (non-hydrogen) atoms. The predicted molar refractivity (Wildman–Crippen MR) is 103 cm³/mol. The fourth-order valence-electron chi connectivity index (χ4n) is 3.76. The van der Waals surface area contributed by atoms with Crippen molar-refractivity contribution >= 4 is 5.96 Å². The van der Waals surface area contributed by atoms with Crippen LogP contribution < -0.4 is 10.5 Å². The maximum atomic E-state index is 6.17. The van der Waals surface area contributed by atoms with Gasteiger partial charge in [-0.15, -0.1) is 0 Å². The monoisotopic (exact) mass is 344 g/mol. The minimum absolute atomic E-state index is 0.676. The molecule has 2 aliphatic rings. The zero-order valence-corrected chi connectivity index (χ0v) is 15.5. The molecule has 2 N–H and O–H groups in total. The molecule has 2 fully saturated rings. The zero-order valence-electron chi connectivity index (χ0n) is 15.5. The van der Waals surface area contributed by atoms with Crippen LogP contribution in [0.2, 0.25) is 0 Å². The Labute approximate surface area is 151 Å². The van der Waals surface area contributed by atoms with Crippen LogP contribution in [0.4, 0.5) is 0 Å². The SMILES string of the molecule is COc1ccc(CN2CCC(CN=C(N)N3CCCCC3)CC2)cc1. The lowest BCUT2D eigenvalue weighted by molar-refractivity contribution is 0.180. The van der Waals surface area contributed by atoms with Crippen LogP contribution in [0.15, 0.2) is 29.3 Å². The molecule has 0 radical (unpaired) electrons. The Morgan fingerprint density at radius 2 is 1.76 bits per heavy atom. The number of rotatable bonds is 5. The first-order chi connectivity index (χ1) is 12.2.